The number of rotatable bonds is 5. The lowest BCUT2D eigenvalue weighted by molar-refractivity contribution is -0.166. The Bertz CT molecular complexity index is 1250. The van der Waals surface area contributed by atoms with Gasteiger partial charge in [0.15, 0.2) is 0 Å². The number of aliphatic hydroxyl groups is 1. The molecule has 3 aromatic rings. The lowest BCUT2D eigenvalue weighted by Gasteiger charge is -2.58. The molecule has 0 aromatic heterocycles. The predicted octanol–water partition coefficient (Wildman–Crippen LogP) is 3.02. The van der Waals surface area contributed by atoms with Crippen molar-refractivity contribution in [1.82, 2.24) is 9.80 Å². The van der Waals surface area contributed by atoms with E-state index in [2.05, 4.69) is 24.0 Å². The Morgan fingerprint density at radius 3 is 2.23 bits per heavy atom. The fraction of sp³-hybridized carbons (Fsp3) is 0.267. The van der Waals surface area contributed by atoms with E-state index in [0.29, 0.717) is 13.0 Å². The van der Waals surface area contributed by atoms with Crippen LogP contribution in [0.5, 0.6) is 0 Å². The average molecular weight is 465 g/mol. The normalized spacial score (nSPS) is 20.9. The van der Waals surface area contributed by atoms with Crippen molar-refractivity contribution >= 4 is 11.8 Å². The van der Waals surface area contributed by atoms with Crippen molar-refractivity contribution in [2.45, 2.75) is 30.8 Å². The van der Waals surface area contributed by atoms with E-state index in [1.807, 2.05) is 72.8 Å². The molecule has 0 aliphatic carbocycles. The van der Waals surface area contributed by atoms with Crippen LogP contribution in [0.1, 0.15) is 28.2 Å². The number of aliphatic hydroxyl groups excluding tert-OH is 1. The van der Waals surface area contributed by atoms with Gasteiger partial charge >= 0.3 is 0 Å². The molecule has 2 amide bonds. The van der Waals surface area contributed by atoms with Crippen LogP contribution in [0.25, 0.3) is 0 Å². The predicted molar refractivity (Wildman–Crippen MR) is 134 cm³/mol. The van der Waals surface area contributed by atoms with Gasteiger partial charge in [0.2, 0.25) is 11.8 Å². The molecule has 2 fully saturated rings. The molecule has 3 atom stereocenters. The molecule has 1 N–H and O–H groups in total. The molecule has 0 radical (unpaired) electrons. The fourth-order valence-corrected chi connectivity index (χ4v) is 5.20. The van der Waals surface area contributed by atoms with Crippen molar-refractivity contribution in [3.63, 3.8) is 0 Å². The van der Waals surface area contributed by atoms with Crippen LogP contribution in [0, 0.1) is 11.8 Å². The van der Waals surface area contributed by atoms with Crippen LogP contribution in [0.2, 0.25) is 0 Å². The fourth-order valence-electron chi connectivity index (χ4n) is 5.20. The number of hydrogen-bond acceptors (Lipinski definition) is 3. The maximum Gasteiger partial charge on any atom is 0.242 e. The Balaban J connectivity index is 1.28. The summed E-state index contributed by atoms with van der Waals surface area (Å²) in [6, 6.07) is 27.4. The summed E-state index contributed by atoms with van der Waals surface area (Å²) in [6.07, 6.45) is 0.981. The minimum absolute atomic E-state index is 0.0115. The van der Waals surface area contributed by atoms with Gasteiger partial charge in [-0.25, -0.2) is 0 Å². The van der Waals surface area contributed by atoms with Crippen LogP contribution >= 0.6 is 0 Å². The number of hydrogen-bond donors (Lipinski definition) is 1. The highest BCUT2D eigenvalue weighted by atomic mass is 16.3. The number of carbonyl (C=O) groups is 2. The zero-order valence-electron chi connectivity index (χ0n) is 19.5. The monoisotopic (exact) mass is 464 g/mol. The summed E-state index contributed by atoms with van der Waals surface area (Å²) in [7, 11) is 0. The summed E-state index contributed by atoms with van der Waals surface area (Å²) in [6.45, 7) is 0.460. The Morgan fingerprint density at radius 2 is 1.57 bits per heavy atom. The van der Waals surface area contributed by atoms with E-state index in [1.54, 1.807) is 9.80 Å². The van der Waals surface area contributed by atoms with Crippen molar-refractivity contribution < 1.29 is 14.7 Å². The zero-order chi connectivity index (χ0) is 24.2. The second-order valence-electron chi connectivity index (χ2n) is 9.17. The summed E-state index contributed by atoms with van der Waals surface area (Å²) in [5, 5.41) is 10.0. The minimum atomic E-state index is -0.256. The van der Waals surface area contributed by atoms with Gasteiger partial charge in [-0.05, 0) is 28.8 Å². The van der Waals surface area contributed by atoms with E-state index in [0.717, 1.165) is 16.7 Å². The Morgan fingerprint density at radius 1 is 0.914 bits per heavy atom. The maximum absolute atomic E-state index is 12.9. The lowest BCUT2D eigenvalue weighted by atomic mass is 9.73. The topological polar surface area (TPSA) is 60.9 Å². The standard InChI is InChI=1S/C30H28N2O3/c33-21-27-30(25-16-14-23(15-17-25)13-7-12-22-8-3-1-4-9-22)26-19-31(20-29(35)32(26)27)28(34)18-24-10-5-2-6-11-24/h1-6,8-11,14-17,26-27,30,33H,12,18-21H2/t26-,27+,30+/m1/s1. The second-order valence-corrected chi connectivity index (χ2v) is 9.17. The van der Waals surface area contributed by atoms with Crippen LogP contribution in [-0.4, -0.2) is 58.5 Å². The average Bonchev–Trinajstić information content (AvgIpc) is 2.87. The van der Waals surface area contributed by atoms with Crippen molar-refractivity contribution in [3.05, 3.63) is 107 Å². The summed E-state index contributed by atoms with van der Waals surface area (Å²) < 4.78 is 0. The molecule has 2 aliphatic rings. The largest absolute Gasteiger partial charge is 0.394 e. The quantitative estimate of drug-likeness (QED) is 0.591. The Kier molecular flexibility index (Phi) is 6.65. The molecule has 2 saturated heterocycles. The van der Waals surface area contributed by atoms with Gasteiger partial charge in [0.25, 0.3) is 0 Å². The first-order valence-corrected chi connectivity index (χ1v) is 12.0. The molecule has 176 valence electrons. The van der Waals surface area contributed by atoms with Crippen LogP contribution in [-0.2, 0) is 22.4 Å². The molecule has 35 heavy (non-hydrogen) atoms. The van der Waals surface area contributed by atoms with E-state index in [9.17, 15) is 14.7 Å². The van der Waals surface area contributed by atoms with Crippen molar-refractivity contribution in [2.24, 2.45) is 0 Å². The molecule has 0 saturated carbocycles. The maximum atomic E-state index is 12.9. The van der Waals surface area contributed by atoms with E-state index in [4.69, 9.17) is 0 Å². The summed E-state index contributed by atoms with van der Waals surface area (Å²) in [5.41, 5.74) is 4.12. The molecular formula is C30H28N2O3. The first-order valence-electron chi connectivity index (χ1n) is 12.0. The third-order valence-corrected chi connectivity index (χ3v) is 6.97. The summed E-state index contributed by atoms with van der Waals surface area (Å²) in [4.78, 5) is 29.2. The number of fused-ring (bicyclic) bond motifs is 1. The molecular weight excluding hydrogens is 436 g/mol. The minimum Gasteiger partial charge on any atom is -0.394 e. The Labute approximate surface area is 206 Å². The molecule has 5 nitrogen and oxygen atoms in total. The van der Waals surface area contributed by atoms with Gasteiger partial charge in [-0.15, -0.1) is 0 Å². The number of nitrogens with zero attached hydrogens (tertiary/aromatic N) is 2. The molecule has 2 aliphatic heterocycles. The molecule has 5 rings (SSSR count). The SMILES string of the molecule is O=C(Cc1ccccc1)N1CC(=O)N2[C@H](C1)[C@H](c1ccc(C#CCc3ccccc3)cc1)[C@@H]2CO. The smallest absolute Gasteiger partial charge is 0.242 e. The number of amides is 2. The van der Waals surface area contributed by atoms with Gasteiger partial charge in [0.05, 0.1) is 31.7 Å². The van der Waals surface area contributed by atoms with Gasteiger partial charge in [-0.2, -0.15) is 0 Å². The van der Waals surface area contributed by atoms with Crippen LogP contribution < -0.4 is 0 Å². The number of benzene rings is 3. The molecule has 5 heteroatoms. The van der Waals surface area contributed by atoms with Gasteiger partial charge < -0.3 is 14.9 Å². The highest BCUT2D eigenvalue weighted by Gasteiger charge is 2.54. The number of carbonyl (C=O) groups excluding carboxylic acids is 2. The van der Waals surface area contributed by atoms with Crippen molar-refractivity contribution in [1.29, 1.82) is 0 Å². The van der Waals surface area contributed by atoms with Gasteiger partial charge in [0, 0.05) is 24.4 Å². The summed E-state index contributed by atoms with van der Waals surface area (Å²) >= 11 is 0. The van der Waals surface area contributed by atoms with Gasteiger partial charge in [0.1, 0.15) is 0 Å². The van der Waals surface area contributed by atoms with Crippen LogP contribution in [0.15, 0.2) is 84.9 Å². The Hall–Kier alpha value is -3.88. The van der Waals surface area contributed by atoms with E-state index in [-0.39, 0.29) is 49.4 Å². The molecule has 3 aromatic carbocycles. The van der Waals surface area contributed by atoms with Gasteiger partial charge in [-0.1, -0.05) is 84.6 Å². The van der Waals surface area contributed by atoms with Crippen LogP contribution in [0.3, 0.4) is 0 Å². The lowest BCUT2D eigenvalue weighted by Crippen LogP contribution is -2.73. The molecule has 0 spiro atoms. The van der Waals surface area contributed by atoms with E-state index in [1.165, 1.54) is 5.56 Å². The molecule has 0 unspecified atom stereocenters. The number of piperazine rings is 1. The third kappa shape index (κ3) is 4.84. The summed E-state index contributed by atoms with van der Waals surface area (Å²) in [5.74, 6) is 6.28. The molecule has 0 bridgehead atoms. The third-order valence-electron chi connectivity index (χ3n) is 6.97. The van der Waals surface area contributed by atoms with Gasteiger partial charge in [-0.3, -0.25) is 9.59 Å². The van der Waals surface area contributed by atoms with E-state index < -0.39 is 0 Å². The van der Waals surface area contributed by atoms with Crippen molar-refractivity contribution in [3.8, 4) is 11.8 Å². The second kappa shape index (κ2) is 10.2. The van der Waals surface area contributed by atoms with Crippen molar-refractivity contribution in [2.75, 3.05) is 19.7 Å². The highest BCUT2D eigenvalue weighted by Crippen LogP contribution is 2.43. The van der Waals surface area contributed by atoms with Crippen LogP contribution in [0.4, 0.5) is 0 Å². The highest BCUT2D eigenvalue weighted by molar-refractivity contribution is 5.88. The first kappa shape index (κ1) is 22.9. The van der Waals surface area contributed by atoms with E-state index >= 15 is 0 Å². The zero-order valence-corrected chi connectivity index (χ0v) is 19.5. The molecule has 2 heterocycles. The first-order chi connectivity index (χ1) is 17.1.